The molecule has 1 aromatic rings. The zero-order valence-corrected chi connectivity index (χ0v) is 13.7. The van der Waals surface area contributed by atoms with Crippen LogP contribution in [0.1, 0.15) is 62.3 Å². The third kappa shape index (κ3) is 3.49. The Labute approximate surface area is 121 Å². The third-order valence-electron chi connectivity index (χ3n) is 4.32. The molecule has 1 atom stereocenters. The molecular weight excluding hydrogens is 250 g/mol. The van der Waals surface area contributed by atoms with E-state index >= 15 is 0 Å². The fourth-order valence-electron chi connectivity index (χ4n) is 3.08. The number of hydrogen-bond acceptors (Lipinski definition) is 1. The van der Waals surface area contributed by atoms with Crippen molar-refractivity contribution in [1.82, 2.24) is 0 Å². The highest BCUT2D eigenvalue weighted by atomic mass is 32.2. The Bertz CT molecular complexity index is 436. The smallest absolute Gasteiger partial charge is 0.112 e. The molecular formula is C17H28NS+. The first-order chi connectivity index (χ1) is 9.13. The van der Waals surface area contributed by atoms with Crippen molar-refractivity contribution in [3.63, 3.8) is 0 Å². The molecule has 2 heteroatoms. The van der Waals surface area contributed by atoms with Crippen LogP contribution in [0.4, 0.5) is 0 Å². The molecule has 1 saturated carbocycles. The molecule has 1 unspecified atom stereocenters. The minimum absolute atomic E-state index is 0.221. The van der Waals surface area contributed by atoms with Gasteiger partial charge in [0.2, 0.25) is 0 Å². The van der Waals surface area contributed by atoms with Gasteiger partial charge in [-0.05, 0) is 32.6 Å². The summed E-state index contributed by atoms with van der Waals surface area (Å²) in [5.74, 6) is 0.835. The highest BCUT2D eigenvalue weighted by Gasteiger charge is 2.28. The summed E-state index contributed by atoms with van der Waals surface area (Å²) in [5, 5.41) is 2.43. The van der Waals surface area contributed by atoms with Gasteiger partial charge >= 0.3 is 0 Å². The van der Waals surface area contributed by atoms with Gasteiger partial charge in [-0.2, -0.15) is 0 Å². The van der Waals surface area contributed by atoms with E-state index in [2.05, 4.69) is 49.8 Å². The Balaban J connectivity index is 2.31. The van der Waals surface area contributed by atoms with Gasteiger partial charge in [-0.3, -0.25) is 0 Å². The van der Waals surface area contributed by atoms with Gasteiger partial charge in [-0.1, -0.05) is 30.9 Å². The molecule has 1 aliphatic carbocycles. The number of hydrogen-bond donors (Lipinski definition) is 0. The van der Waals surface area contributed by atoms with Crippen molar-refractivity contribution >= 4 is 10.7 Å². The average Bonchev–Trinajstić information content (AvgIpc) is 2.83. The van der Waals surface area contributed by atoms with Gasteiger partial charge in [0.25, 0.3) is 0 Å². The number of thiophene rings is 1. The predicted molar refractivity (Wildman–Crippen MR) is 87.9 cm³/mol. The molecule has 19 heavy (non-hydrogen) atoms. The zero-order chi connectivity index (χ0) is 13.8. The van der Waals surface area contributed by atoms with Crippen LogP contribution in [0.25, 0.3) is 0 Å². The van der Waals surface area contributed by atoms with E-state index in [-0.39, 0.29) is 10.7 Å². The molecule has 106 valence electrons. The SMILES string of the molecule is CC=C(C)Cc1c(C2CCCCC2)cc[s+]1N(C)C. The van der Waals surface area contributed by atoms with E-state index in [9.17, 15) is 0 Å². The van der Waals surface area contributed by atoms with E-state index in [4.69, 9.17) is 0 Å². The molecule has 0 bridgehead atoms. The van der Waals surface area contributed by atoms with Gasteiger partial charge in [-0.15, -0.1) is 4.31 Å². The van der Waals surface area contributed by atoms with Crippen molar-refractivity contribution in [2.24, 2.45) is 0 Å². The second-order valence-corrected chi connectivity index (χ2v) is 8.08. The molecule has 0 aromatic carbocycles. The van der Waals surface area contributed by atoms with E-state index < -0.39 is 0 Å². The molecule has 0 aliphatic heterocycles. The summed E-state index contributed by atoms with van der Waals surface area (Å²) in [6.45, 7) is 4.42. The van der Waals surface area contributed by atoms with Crippen molar-refractivity contribution in [3.8, 4) is 0 Å². The molecule has 0 saturated heterocycles. The lowest BCUT2D eigenvalue weighted by atomic mass is 9.84. The van der Waals surface area contributed by atoms with Gasteiger partial charge in [0.15, 0.2) is 10.3 Å². The van der Waals surface area contributed by atoms with Crippen LogP contribution >= 0.6 is 10.7 Å². The van der Waals surface area contributed by atoms with Gasteiger partial charge in [0, 0.05) is 32.1 Å². The maximum atomic E-state index is 2.44. The normalized spacial score (nSPS) is 19.2. The molecule has 0 radical (unpaired) electrons. The summed E-state index contributed by atoms with van der Waals surface area (Å²) in [4.78, 5) is 1.69. The van der Waals surface area contributed by atoms with Crippen LogP contribution < -0.4 is 4.31 Å². The fraction of sp³-hybridized carbons (Fsp3) is 0.647. The monoisotopic (exact) mass is 278 g/mol. The Morgan fingerprint density at radius 3 is 2.58 bits per heavy atom. The number of rotatable bonds is 4. The van der Waals surface area contributed by atoms with E-state index in [1.165, 1.54) is 37.7 Å². The lowest BCUT2D eigenvalue weighted by Crippen LogP contribution is -2.10. The Morgan fingerprint density at radius 1 is 1.32 bits per heavy atom. The summed E-state index contributed by atoms with van der Waals surface area (Å²) in [6, 6.07) is 2.44. The molecule has 0 spiro atoms. The van der Waals surface area contributed by atoms with Crippen LogP contribution in [0.2, 0.25) is 0 Å². The first kappa shape index (κ1) is 14.8. The van der Waals surface area contributed by atoms with Gasteiger partial charge in [0.05, 0.1) is 10.7 Å². The molecule has 2 rings (SSSR count). The van der Waals surface area contributed by atoms with Crippen LogP contribution in [-0.2, 0) is 6.42 Å². The minimum Gasteiger partial charge on any atom is -0.112 e. The molecule has 0 N–H and O–H groups in total. The summed E-state index contributed by atoms with van der Waals surface area (Å²) < 4.78 is 2.38. The molecule has 1 aromatic heterocycles. The molecule has 1 aliphatic rings. The number of allylic oxidation sites excluding steroid dienone is 2. The van der Waals surface area contributed by atoms with Crippen LogP contribution in [0.15, 0.2) is 23.1 Å². The van der Waals surface area contributed by atoms with Crippen LogP contribution in [0, 0.1) is 0 Å². The van der Waals surface area contributed by atoms with E-state index in [0.717, 1.165) is 12.3 Å². The standard InChI is InChI=1S/C17H28NS/c1-5-14(2)13-17-16(11-12-19(17)18(3)4)15-9-7-6-8-10-15/h5,11-12,15H,6-10,13H2,1-4H3/q+1. The van der Waals surface area contributed by atoms with Crippen molar-refractivity contribution in [2.75, 3.05) is 18.4 Å². The Hall–Kier alpha value is -0.600. The van der Waals surface area contributed by atoms with Gasteiger partial charge in [-0.25, -0.2) is 0 Å². The third-order valence-corrected chi connectivity index (χ3v) is 6.39. The maximum absolute atomic E-state index is 2.44. The summed E-state index contributed by atoms with van der Waals surface area (Å²) in [5.41, 5.74) is 3.18. The quantitative estimate of drug-likeness (QED) is 0.541. The predicted octanol–water partition coefficient (Wildman–Crippen LogP) is 5.19. The maximum Gasteiger partial charge on any atom is 0.179 e. The lowest BCUT2D eigenvalue weighted by Gasteiger charge is -2.21. The summed E-state index contributed by atoms with van der Waals surface area (Å²) >= 11 is 0. The van der Waals surface area contributed by atoms with Crippen molar-refractivity contribution in [2.45, 2.75) is 58.3 Å². The van der Waals surface area contributed by atoms with Crippen LogP contribution in [0.3, 0.4) is 0 Å². The fourth-order valence-corrected chi connectivity index (χ4v) is 5.06. The van der Waals surface area contributed by atoms with Gasteiger partial charge < -0.3 is 0 Å². The first-order valence-corrected chi connectivity index (χ1v) is 8.81. The van der Waals surface area contributed by atoms with Crippen molar-refractivity contribution < 1.29 is 0 Å². The van der Waals surface area contributed by atoms with E-state index in [1.54, 1.807) is 10.4 Å². The molecule has 1 fully saturated rings. The second-order valence-electron chi connectivity index (χ2n) is 5.95. The highest BCUT2D eigenvalue weighted by Crippen LogP contribution is 2.41. The summed E-state index contributed by atoms with van der Waals surface area (Å²) in [7, 11) is 4.64. The van der Waals surface area contributed by atoms with Crippen LogP contribution in [0.5, 0.6) is 0 Å². The second kappa shape index (κ2) is 6.71. The van der Waals surface area contributed by atoms with E-state index in [0.29, 0.717) is 0 Å². The van der Waals surface area contributed by atoms with E-state index in [1.807, 2.05) is 0 Å². The van der Waals surface area contributed by atoms with Crippen molar-refractivity contribution in [3.05, 3.63) is 33.5 Å². The zero-order valence-electron chi connectivity index (χ0n) is 12.9. The molecule has 0 amide bonds. The summed E-state index contributed by atoms with van der Waals surface area (Å²) in [6.07, 6.45) is 10.5. The molecule has 1 nitrogen and oxygen atoms in total. The first-order valence-electron chi connectivity index (χ1n) is 7.57. The minimum atomic E-state index is 0.221. The Kier molecular flexibility index (Phi) is 5.23. The van der Waals surface area contributed by atoms with Gasteiger partial charge in [0.1, 0.15) is 0 Å². The average molecular weight is 278 g/mol. The number of nitrogens with zero attached hydrogens (tertiary/aromatic N) is 1. The van der Waals surface area contributed by atoms with Crippen molar-refractivity contribution in [1.29, 1.82) is 0 Å². The molecule has 1 heterocycles. The highest BCUT2D eigenvalue weighted by molar-refractivity contribution is 7.32. The lowest BCUT2D eigenvalue weighted by molar-refractivity contribution is 0.443. The topological polar surface area (TPSA) is 3.24 Å². The van der Waals surface area contributed by atoms with Crippen LogP contribution in [-0.4, -0.2) is 14.1 Å². The largest absolute Gasteiger partial charge is 0.179 e. The Morgan fingerprint density at radius 2 is 2.00 bits per heavy atom.